The van der Waals surface area contributed by atoms with Crippen LogP contribution in [0, 0.1) is 0 Å². The van der Waals surface area contributed by atoms with Gasteiger partial charge in [0.2, 0.25) is 0 Å². The molecular formula is C20H18ClN3O. The van der Waals surface area contributed by atoms with Crippen LogP contribution >= 0.6 is 11.6 Å². The third-order valence-corrected chi connectivity index (χ3v) is 4.03. The number of hydrazone groups is 1. The average molecular weight is 352 g/mol. The second-order valence-corrected chi connectivity index (χ2v) is 6.15. The van der Waals surface area contributed by atoms with Gasteiger partial charge in [-0.1, -0.05) is 48.0 Å². The molecule has 0 saturated heterocycles. The number of carbonyl (C=O) groups excluding carboxylic acids is 1. The summed E-state index contributed by atoms with van der Waals surface area (Å²) in [5, 5.41) is 10.1. The van der Waals surface area contributed by atoms with Gasteiger partial charge in [-0.15, -0.1) is 0 Å². The topological polar surface area (TPSA) is 53.5 Å². The molecule has 0 heterocycles. The maximum Gasteiger partial charge on any atom is 0.262 e. The van der Waals surface area contributed by atoms with E-state index in [2.05, 4.69) is 21.9 Å². The Morgan fingerprint density at radius 1 is 1.04 bits per heavy atom. The van der Waals surface area contributed by atoms with E-state index in [4.69, 9.17) is 11.6 Å². The number of hydrogen-bond acceptors (Lipinski definition) is 3. The average Bonchev–Trinajstić information content (AvgIpc) is 2.63. The molecule has 3 aromatic carbocycles. The lowest BCUT2D eigenvalue weighted by molar-refractivity contribution is -0.121. The molecule has 1 amide bonds. The zero-order valence-corrected chi connectivity index (χ0v) is 14.5. The van der Waals surface area contributed by atoms with Gasteiger partial charge in [0.05, 0.1) is 6.21 Å². The van der Waals surface area contributed by atoms with Crippen LogP contribution < -0.4 is 10.7 Å². The summed E-state index contributed by atoms with van der Waals surface area (Å²) in [4.78, 5) is 12.1. The number of halogens is 1. The molecule has 0 aliphatic rings. The lowest BCUT2D eigenvalue weighted by atomic mass is 10.1. The van der Waals surface area contributed by atoms with E-state index in [1.54, 1.807) is 25.3 Å². The number of rotatable bonds is 5. The summed E-state index contributed by atoms with van der Waals surface area (Å²) in [6, 6.07) is 20.9. The van der Waals surface area contributed by atoms with Crippen molar-refractivity contribution in [3.8, 4) is 0 Å². The predicted molar refractivity (Wildman–Crippen MR) is 104 cm³/mol. The Morgan fingerprint density at radius 3 is 2.52 bits per heavy atom. The second-order valence-electron chi connectivity index (χ2n) is 5.71. The molecule has 3 rings (SSSR count). The Balaban J connectivity index is 1.58. The van der Waals surface area contributed by atoms with Gasteiger partial charge in [0.25, 0.3) is 5.91 Å². The molecule has 0 aliphatic heterocycles. The first-order chi connectivity index (χ1) is 12.1. The third-order valence-electron chi connectivity index (χ3n) is 3.78. The van der Waals surface area contributed by atoms with E-state index in [0.717, 1.165) is 16.6 Å². The zero-order valence-electron chi connectivity index (χ0n) is 13.7. The van der Waals surface area contributed by atoms with Crippen molar-refractivity contribution in [3.05, 3.63) is 77.3 Å². The molecule has 0 unspecified atom stereocenters. The van der Waals surface area contributed by atoms with Gasteiger partial charge in [0.1, 0.15) is 6.04 Å². The molecule has 0 aliphatic carbocycles. The quantitative estimate of drug-likeness (QED) is 0.527. The van der Waals surface area contributed by atoms with E-state index in [0.29, 0.717) is 5.02 Å². The van der Waals surface area contributed by atoms with Crippen LogP contribution in [-0.2, 0) is 4.79 Å². The minimum absolute atomic E-state index is 0.216. The maximum atomic E-state index is 12.1. The zero-order chi connectivity index (χ0) is 17.6. The van der Waals surface area contributed by atoms with Crippen molar-refractivity contribution in [2.45, 2.75) is 13.0 Å². The molecule has 3 aromatic rings. The highest BCUT2D eigenvalue weighted by Crippen LogP contribution is 2.15. The minimum atomic E-state index is -0.421. The predicted octanol–water partition coefficient (Wildman–Crippen LogP) is 4.44. The number of carbonyl (C=O) groups is 1. The van der Waals surface area contributed by atoms with Gasteiger partial charge in [-0.05, 0) is 53.6 Å². The molecular weight excluding hydrogens is 334 g/mol. The van der Waals surface area contributed by atoms with Crippen molar-refractivity contribution in [2.75, 3.05) is 5.32 Å². The van der Waals surface area contributed by atoms with Gasteiger partial charge in [-0.25, -0.2) is 5.43 Å². The van der Waals surface area contributed by atoms with Crippen LogP contribution in [0.25, 0.3) is 10.8 Å². The normalized spacial score (nSPS) is 12.2. The van der Waals surface area contributed by atoms with Crippen molar-refractivity contribution in [2.24, 2.45) is 5.10 Å². The highest BCUT2D eigenvalue weighted by Gasteiger charge is 2.11. The highest BCUT2D eigenvalue weighted by molar-refractivity contribution is 6.30. The van der Waals surface area contributed by atoms with E-state index in [-0.39, 0.29) is 5.91 Å². The Hall–Kier alpha value is -2.85. The molecule has 5 heteroatoms. The molecule has 126 valence electrons. The van der Waals surface area contributed by atoms with Crippen LogP contribution in [0.15, 0.2) is 71.8 Å². The molecule has 0 bridgehead atoms. The number of nitrogens with one attached hydrogen (secondary N) is 2. The Bertz CT molecular complexity index is 906. The molecule has 2 N–H and O–H groups in total. The lowest BCUT2D eigenvalue weighted by Gasteiger charge is -2.13. The number of amides is 1. The van der Waals surface area contributed by atoms with Crippen LogP contribution in [0.2, 0.25) is 5.02 Å². The Kier molecular flexibility index (Phi) is 5.31. The fourth-order valence-electron chi connectivity index (χ4n) is 2.42. The summed E-state index contributed by atoms with van der Waals surface area (Å²) in [6.45, 7) is 1.77. The molecule has 0 fully saturated rings. The second kappa shape index (κ2) is 7.81. The van der Waals surface area contributed by atoms with E-state index < -0.39 is 6.04 Å². The van der Waals surface area contributed by atoms with E-state index in [1.165, 1.54) is 5.39 Å². The van der Waals surface area contributed by atoms with E-state index >= 15 is 0 Å². The molecule has 25 heavy (non-hydrogen) atoms. The van der Waals surface area contributed by atoms with Crippen molar-refractivity contribution in [3.63, 3.8) is 0 Å². The fraction of sp³-hybridized carbons (Fsp3) is 0.100. The van der Waals surface area contributed by atoms with Gasteiger partial charge in [0.15, 0.2) is 0 Å². The molecule has 0 saturated carbocycles. The monoisotopic (exact) mass is 351 g/mol. The standard InChI is InChI=1S/C20H18ClN3O/c1-14(23-19-10-8-18(21)9-11-19)20(25)24-22-13-15-6-7-16-4-2-3-5-17(16)12-15/h2-14,23H,1H3,(H,24,25)/b22-13-/t14-/m0/s1. The molecule has 0 aromatic heterocycles. The van der Waals surface area contributed by atoms with E-state index in [9.17, 15) is 4.79 Å². The van der Waals surface area contributed by atoms with E-state index in [1.807, 2.05) is 48.5 Å². The number of nitrogens with zero attached hydrogens (tertiary/aromatic N) is 1. The van der Waals surface area contributed by atoms with Gasteiger partial charge in [-0.2, -0.15) is 5.10 Å². The van der Waals surface area contributed by atoms with Gasteiger partial charge in [-0.3, -0.25) is 4.79 Å². The fourth-order valence-corrected chi connectivity index (χ4v) is 2.54. The summed E-state index contributed by atoms with van der Waals surface area (Å²) in [5.74, 6) is -0.216. The highest BCUT2D eigenvalue weighted by atomic mass is 35.5. The molecule has 4 nitrogen and oxygen atoms in total. The number of benzene rings is 3. The molecule has 0 spiro atoms. The number of fused-ring (bicyclic) bond motifs is 1. The van der Waals surface area contributed by atoms with Crippen molar-refractivity contribution >= 4 is 40.2 Å². The smallest absolute Gasteiger partial charge is 0.262 e. The van der Waals surface area contributed by atoms with Crippen molar-refractivity contribution in [1.29, 1.82) is 0 Å². The largest absolute Gasteiger partial charge is 0.374 e. The number of hydrogen-bond donors (Lipinski definition) is 2. The van der Waals surface area contributed by atoms with Crippen LogP contribution in [0.3, 0.4) is 0 Å². The first-order valence-corrected chi connectivity index (χ1v) is 8.33. The SMILES string of the molecule is C[C@H](Nc1ccc(Cl)cc1)C(=O)N/N=C\c1ccc2ccccc2c1. The van der Waals surface area contributed by atoms with Gasteiger partial charge >= 0.3 is 0 Å². The van der Waals surface area contributed by atoms with Crippen molar-refractivity contribution < 1.29 is 4.79 Å². The Labute approximate surface area is 151 Å². The molecule has 0 radical (unpaired) electrons. The summed E-state index contributed by atoms with van der Waals surface area (Å²) < 4.78 is 0. The summed E-state index contributed by atoms with van der Waals surface area (Å²) in [7, 11) is 0. The van der Waals surface area contributed by atoms with Crippen LogP contribution in [0.4, 0.5) is 5.69 Å². The Morgan fingerprint density at radius 2 is 1.76 bits per heavy atom. The molecule has 1 atom stereocenters. The lowest BCUT2D eigenvalue weighted by Crippen LogP contribution is -2.34. The third kappa shape index (κ3) is 4.58. The van der Waals surface area contributed by atoms with Crippen LogP contribution in [0.1, 0.15) is 12.5 Å². The first-order valence-electron chi connectivity index (χ1n) is 7.96. The summed E-state index contributed by atoms with van der Waals surface area (Å²) >= 11 is 5.85. The van der Waals surface area contributed by atoms with Gasteiger partial charge < -0.3 is 5.32 Å². The van der Waals surface area contributed by atoms with Gasteiger partial charge in [0, 0.05) is 10.7 Å². The summed E-state index contributed by atoms with van der Waals surface area (Å²) in [6.07, 6.45) is 1.64. The van der Waals surface area contributed by atoms with Crippen LogP contribution in [0.5, 0.6) is 0 Å². The summed E-state index contributed by atoms with van der Waals surface area (Å²) in [5.41, 5.74) is 4.31. The number of anilines is 1. The van der Waals surface area contributed by atoms with Crippen LogP contribution in [-0.4, -0.2) is 18.2 Å². The van der Waals surface area contributed by atoms with Crippen molar-refractivity contribution in [1.82, 2.24) is 5.43 Å². The maximum absolute atomic E-state index is 12.1. The first kappa shape index (κ1) is 17.0. The minimum Gasteiger partial charge on any atom is -0.374 e.